The smallest absolute Gasteiger partial charge is 0.248 e. The number of benzene rings is 2. The largest absolute Gasteiger partial charge is 0.344 e. The number of hydrogen-bond acceptors (Lipinski definition) is 4. The van der Waals surface area contributed by atoms with Gasteiger partial charge in [0.2, 0.25) is 11.8 Å². The van der Waals surface area contributed by atoms with Crippen molar-refractivity contribution in [3.05, 3.63) is 59.6 Å². The van der Waals surface area contributed by atoms with Crippen molar-refractivity contribution in [2.24, 2.45) is 5.92 Å². The minimum atomic E-state index is -0.610. The molecule has 2 N–H and O–H groups in total. The fraction of sp³-hybridized carbons (Fsp3) is 0.250. The van der Waals surface area contributed by atoms with Crippen LogP contribution in [0.5, 0.6) is 0 Å². The molecule has 2 amide bonds. The van der Waals surface area contributed by atoms with Crippen LogP contribution in [0.25, 0.3) is 10.8 Å². The van der Waals surface area contributed by atoms with E-state index in [2.05, 4.69) is 15.6 Å². The van der Waals surface area contributed by atoms with Gasteiger partial charge in [-0.3, -0.25) is 9.59 Å². The zero-order valence-corrected chi connectivity index (χ0v) is 15.5. The number of fused-ring (bicyclic) bond motifs is 1. The molecule has 134 valence electrons. The maximum Gasteiger partial charge on any atom is 0.248 e. The molecule has 1 aromatic heterocycles. The van der Waals surface area contributed by atoms with Crippen molar-refractivity contribution in [2.75, 3.05) is 5.32 Å². The first-order chi connectivity index (χ1) is 12.5. The summed E-state index contributed by atoms with van der Waals surface area (Å²) in [6.45, 7) is 3.81. The van der Waals surface area contributed by atoms with Crippen molar-refractivity contribution < 1.29 is 9.59 Å². The minimum absolute atomic E-state index is 0.0357. The first-order valence-corrected chi connectivity index (χ1v) is 9.39. The Balaban J connectivity index is 1.70. The highest BCUT2D eigenvalue weighted by Crippen LogP contribution is 2.19. The Morgan fingerprint density at radius 1 is 1.12 bits per heavy atom. The van der Waals surface area contributed by atoms with Gasteiger partial charge in [0.05, 0.1) is 6.42 Å². The fourth-order valence-corrected chi connectivity index (χ4v) is 3.38. The van der Waals surface area contributed by atoms with E-state index in [4.69, 9.17) is 0 Å². The molecule has 1 heterocycles. The van der Waals surface area contributed by atoms with Gasteiger partial charge in [-0.2, -0.15) is 0 Å². The third-order valence-electron chi connectivity index (χ3n) is 4.16. The molecule has 0 radical (unpaired) electrons. The molecule has 0 aliphatic carbocycles. The van der Waals surface area contributed by atoms with Gasteiger partial charge < -0.3 is 10.6 Å². The van der Waals surface area contributed by atoms with E-state index in [-0.39, 0.29) is 24.2 Å². The predicted molar refractivity (Wildman–Crippen MR) is 105 cm³/mol. The first kappa shape index (κ1) is 18.1. The number of rotatable bonds is 6. The monoisotopic (exact) mass is 367 g/mol. The van der Waals surface area contributed by atoms with Crippen LogP contribution in [0.15, 0.2) is 54.0 Å². The zero-order chi connectivity index (χ0) is 18.5. The number of carbonyl (C=O) groups is 2. The second-order valence-electron chi connectivity index (χ2n) is 6.43. The second kappa shape index (κ2) is 8.10. The molecule has 0 saturated carbocycles. The van der Waals surface area contributed by atoms with Gasteiger partial charge in [0, 0.05) is 11.6 Å². The van der Waals surface area contributed by atoms with Gasteiger partial charge in [-0.25, -0.2) is 4.98 Å². The summed E-state index contributed by atoms with van der Waals surface area (Å²) in [7, 11) is 0. The summed E-state index contributed by atoms with van der Waals surface area (Å²) in [5.41, 5.74) is 0.948. The third kappa shape index (κ3) is 4.26. The van der Waals surface area contributed by atoms with Crippen LogP contribution in [0, 0.1) is 5.92 Å². The molecular formula is C20H21N3O2S. The lowest BCUT2D eigenvalue weighted by Gasteiger charge is -2.21. The molecule has 0 fully saturated rings. The van der Waals surface area contributed by atoms with E-state index in [1.54, 1.807) is 11.6 Å². The van der Waals surface area contributed by atoms with Crippen LogP contribution in [-0.4, -0.2) is 22.8 Å². The molecular weight excluding hydrogens is 346 g/mol. The van der Waals surface area contributed by atoms with Crippen LogP contribution in [-0.2, 0) is 16.0 Å². The maximum absolute atomic E-state index is 12.6. The number of amides is 2. The van der Waals surface area contributed by atoms with E-state index in [1.165, 1.54) is 11.3 Å². The van der Waals surface area contributed by atoms with Crippen molar-refractivity contribution >= 4 is 39.1 Å². The van der Waals surface area contributed by atoms with Gasteiger partial charge in [-0.05, 0) is 22.3 Å². The highest BCUT2D eigenvalue weighted by Gasteiger charge is 2.25. The molecule has 1 atom stereocenters. The fourth-order valence-electron chi connectivity index (χ4n) is 2.85. The molecule has 0 bridgehead atoms. The standard InChI is InChI=1S/C20H21N3O2S/c1-13(2)18(19(25)23-20-21-10-11-26-20)22-17(24)12-15-8-5-7-14-6-3-4-9-16(14)15/h3-11,13,18H,12H2,1-2H3,(H,22,24)(H,21,23,25)/t18-/m0/s1. The average Bonchev–Trinajstić information content (AvgIpc) is 3.12. The van der Waals surface area contributed by atoms with E-state index in [0.717, 1.165) is 16.3 Å². The summed E-state index contributed by atoms with van der Waals surface area (Å²) in [6, 6.07) is 13.3. The predicted octanol–water partition coefficient (Wildman–Crippen LogP) is 3.62. The normalized spacial score (nSPS) is 12.1. The number of anilines is 1. The molecule has 6 heteroatoms. The lowest BCUT2D eigenvalue weighted by Crippen LogP contribution is -2.47. The topological polar surface area (TPSA) is 71.1 Å². The lowest BCUT2D eigenvalue weighted by molar-refractivity contribution is -0.127. The van der Waals surface area contributed by atoms with E-state index in [1.807, 2.05) is 56.3 Å². The number of carbonyl (C=O) groups excluding carboxylic acids is 2. The van der Waals surface area contributed by atoms with Crippen molar-refractivity contribution in [3.8, 4) is 0 Å². The molecule has 3 rings (SSSR count). The van der Waals surface area contributed by atoms with Crippen molar-refractivity contribution in [1.29, 1.82) is 0 Å². The van der Waals surface area contributed by atoms with Crippen LogP contribution < -0.4 is 10.6 Å². The van der Waals surface area contributed by atoms with Gasteiger partial charge in [0.25, 0.3) is 0 Å². The highest BCUT2D eigenvalue weighted by molar-refractivity contribution is 7.13. The molecule has 0 saturated heterocycles. The summed E-state index contributed by atoms with van der Waals surface area (Å²) in [6.07, 6.45) is 1.86. The maximum atomic E-state index is 12.6. The van der Waals surface area contributed by atoms with E-state index >= 15 is 0 Å². The minimum Gasteiger partial charge on any atom is -0.344 e. The van der Waals surface area contributed by atoms with Crippen molar-refractivity contribution in [3.63, 3.8) is 0 Å². The Kier molecular flexibility index (Phi) is 5.63. The van der Waals surface area contributed by atoms with Gasteiger partial charge in [0.1, 0.15) is 6.04 Å². The van der Waals surface area contributed by atoms with E-state index in [9.17, 15) is 9.59 Å². The Bertz CT molecular complexity index is 901. The van der Waals surface area contributed by atoms with Crippen LogP contribution in [0.4, 0.5) is 5.13 Å². The Labute approximate surface area is 156 Å². The van der Waals surface area contributed by atoms with Gasteiger partial charge in [-0.1, -0.05) is 56.3 Å². The number of hydrogen-bond donors (Lipinski definition) is 2. The van der Waals surface area contributed by atoms with Gasteiger partial charge >= 0.3 is 0 Å². The zero-order valence-electron chi connectivity index (χ0n) is 14.7. The van der Waals surface area contributed by atoms with E-state index in [0.29, 0.717) is 5.13 Å². The number of thiazole rings is 1. The summed E-state index contributed by atoms with van der Waals surface area (Å²) < 4.78 is 0. The molecule has 0 unspecified atom stereocenters. The van der Waals surface area contributed by atoms with Gasteiger partial charge in [0.15, 0.2) is 5.13 Å². The van der Waals surface area contributed by atoms with Crippen LogP contribution in [0.1, 0.15) is 19.4 Å². The van der Waals surface area contributed by atoms with E-state index < -0.39 is 6.04 Å². The van der Waals surface area contributed by atoms with Crippen molar-refractivity contribution in [2.45, 2.75) is 26.3 Å². The molecule has 2 aromatic carbocycles. The Morgan fingerprint density at radius 2 is 1.88 bits per heavy atom. The molecule has 0 aliphatic heterocycles. The molecule has 5 nitrogen and oxygen atoms in total. The quantitative estimate of drug-likeness (QED) is 0.699. The lowest BCUT2D eigenvalue weighted by atomic mass is 10.0. The molecule has 3 aromatic rings. The Morgan fingerprint density at radius 3 is 2.62 bits per heavy atom. The number of nitrogens with zero attached hydrogens (tertiary/aromatic N) is 1. The summed E-state index contributed by atoms with van der Waals surface area (Å²) >= 11 is 1.35. The molecule has 0 aliphatic rings. The molecule has 0 spiro atoms. The third-order valence-corrected chi connectivity index (χ3v) is 4.85. The number of nitrogens with one attached hydrogen (secondary N) is 2. The van der Waals surface area contributed by atoms with Gasteiger partial charge in [-0.15, -0.1) is 11.3 Å². The summed E-state index contributed by atoms with van der Waals surface area (Å²) in [5.74, 6) is -0.456. The van der Waals surface area contributed by atoms with Crippen LogP contribution in [0.3, 0.4) is 0 Å². The highest BCUT2D eigenvalue weighted by atomic mass is 32.1. The SMILES string of the molecule is CC(C)[C@H](NC(=O)Cc1cccc2ccccc12)C(=O)Nc1nccs1. The molecule has 26 heavy (non-hydrogen) atoms. The average molecular weight is 367 g/mol. The van der Waals surface area contributed by atoms with Crippen molar-refractivity contribution in [1.82, 2.24) is 10.3 Å². The van der Waals surface area contributed by atoms with Crippen LogP contribution >= 0.6 is 11.3 Å². The Hall–Kier alpha value is -2.73. The number of aromatic nitrogens is 1. The summed E-state index contributed by atoms with van der Waals surface area (Å²) in [5, 5.41) is 10.1. The first-order valence-electron chi connectivity index (χ1n) is 8.51. The summed E-state index contributed by atoms with van der Waals surface area (Å²) in [4.78, 5) is 29.1. The van der Waals surface area contributed by atoms with Crippen LogP contribution in [0.2, 0.25) is 0 Å². The second-order valence-corrected chi connectivity index (χ2v) is 7.33.